The molecule has 2 rings (SSSR count). The van der Waals surface area contributed by atoms with Crippen molar-refractivity contribution >= 4 is 17.9 Å². The van der Waals surface area contributed by atoms with Gasteiger partial charge in [0.15, 0.2) is 42.4 Å². The van der Waals surface area contributed by atoms with Crippen LogP contribution in [0.4, 0.5) is 0 Å². The number of benzene rings is 2. The van der Waals surface area contributed by atoms with E-state index < -0.39 is 5.78 Å². The molecule has 0 saturated heterocycles. The van der Waals surface area contributed by atoms with Crippen molar-refractivity contribution in [2.75, 3.05) is 68.5 Å². The fraction of sp³-hybridized carbons (Fsp3) is 0.345. The first kappa shape index (κ1) is 31.4. The van der Waals surface area contributed by atoms with Gasteiger partial charge >= 0.3 is 0 Å². The number of aliphatic hydroxyl groups is 1. The highest BCUT2D eigenvalue weighted by atomic mass is 16.7. The van der Waals surface area contributed by atoms with Crippen LogP contribution in [0, 0.1) is 0 Å². The second-order valence-corrected chi connectivity index (χ2v) is 7.79. The van der Waals surface area contributed by atoms with Gasteiger partial charge in [-0.3, -0.25) is 4.79 Å². The number of ketones is 1. The third-order valence-electron chi connectivity index (χ3n) is 5.01. The fourth-order valence-electron chi connectivity index (χ4n) is 3.03. The summed E-state index contributed by atoms with van der Waals surface area (Å²) >= 11 is 0. The molecule has 0 aliphatic heterocycles. The van der Waals surface area contributed by atoms with Crippen LogP contribution in [0.5, 0.6) is 23.0 Å². The number of rotatable bonds is 19. The Balaban J connectivity index is 1.93. The molecule has 39 heavy (non-hydrogen) atoms. The molecule has 10 heteroatoms. The van der Waals surface area contributed by atoms with Gasteiger partial charge in [0.2, 0.25) is 0 Å². The smallest absolute Gasteiger partial charge is 0.189 e. The molecule has 0 heterocycles. The monoisotopic (exact) mass is 544 g/mol. The minimum absolute atomic E-state index is 0.0555. The Morgan fingerprint density at radius 1 is 0.692 bits per heavy atom. The van der Waals surface area contributed by atoms with Crippen molar-refractivity contribution in [2.45, 2.75) is 0 Å². The second-order valence-electron chi connectivity index (χ2n) is 7.79. The van der Waals surface area contributed by atoms with Gasteiger partial charge in [-0.2, -0.15) is 0 Å². The van der Waals surface area contributed by atoms with Gasteiger partial charge in [0, 0.05) is 20.3 Å². The summed E-state index contributed by atoms with van der Waals surface area (Å²) in [5.41, 5.74) is 1.45. The topological polar surface area (TPSA) is 111 Å². The maximum atomic E-state index is 12.3. The largest absolute Gasteiger partial charge is 0.508 e. The zero-order valence-electron chi connectivity index (χ0n) is 22.7. The van der Waals surface area contributed by atoms with E-state index in [9.17, 15) is 9.90 Å². The third-order valence-corrected chi connectivity index (χ3v) is 5.01. The molecule has 2 aromatic carbocycles. The molecule has 0 aliphatic carbocycles. The molecule has 0 amide bonds. The van der Waals surface area contributed by atoms with Crippen molar-refractivity contribution in [3.05, 3.63) is 71.5 Å². The number of ether oxygens (including phenoxy) is 8. The normalized spacial score (nSPS) is 11.7. The van der Waals surface area contributed by atoms with E-state index in [1.165, 1.54) is 26.4 Å². The highest BCUT2D eigenvalue weighted by Crippen LogP contribution is 2.29. The highest BCUT2D eigenvalue weighted by molar-refractivity contribution is 6.02. The number of allylic oxidation sites excluding steroid dienone is 3. The summed E-state index contributed by atoms with van der Waals surface area (Å²) in [6.45, 7) is 1.90. The average Bonchev–Trinajstić information content (AvgIpc) is 2.95. The van der Waals surface area contributed by atoms with Crippen LogP contribution in [0.15, 0.2) is 60.4 Å². The van der Waals surface area contributed by atoms with Crippen LogP contribution < -0.4 is 18.9 Å². The van der Waals surface area contributed by atoms with Crippen LogP contribution in [0.25, 0.3) is 12.2 Å². The Morgan fingerprint density at radius 2 is 1.18 bits per heavy atom. The van der Waals surface area contributed by atoms with Crippen LogP contribution >= 0.6 is 0 Å². The molecule has 212 valence electrons. The highest BCUT2D eigenvalue weighted by Gasteiger charge is 2.07. The summed E-state index contributed by atoms with van der Waals surface area (Å²) in [6, 6.07) is 10.5. The van der Waals surface area contributed by atoms with E-state index in [1.807, 2.05) is 0 Å². The molecule has 1 N–H and O–H groups in total. The van der Waals surface area contributed by atoms with Crippen LogP contribution in [0.1, 0.15) is 11.1 Å². The van der Waals surface area contributed by atoms with Crippen LogP contribution in [0.2, 0.25) is 0 Å². The number of hydrogen-bond acceptors (Lipinski definition) is 10. The lowest BCUT2D eigenvalue weighted by molar-refractivity contribution is -0.110. The molecule has 0 unspecified atom stereocenters. The van der Waals surface area contributed by atoms with Crippen molar-refractivity contribution < 1.29 is 47.8 Å². The Kier molecular flexibility index (Phi) is 14.8. The van der Waals surface area contributed by atoms with Crippen molar-refractivity contribution in [3.63, 3.8) is 0 Å². The van der Waals surface area contributed by atoms with Crippen molar-refractivity contribution in [1.82, 2.24) is 0 Å². The van der Waals surface area contributed by atoms with Gasteiger partial charge in [-0.05, 0) is 47.5 Å². The summed E-state index contributed by atoms with van der Waals surface area (Å²) < 4.78 is 42.2. The molecule has 0 saturated carbocycles. The maximum absolute atomic E-state index is 12.3. The Morgan fingerprint density at radius 3 is 1.64 bits per heavy atom. The summed E-state index contributed by atoms with van der Waals surface area (Å²) in [5, 5.41) is 10.2. The Bertz CT molecular complexity index is 1110. The minimum atomic E-state index is -0.391. The molecular formula is C29H36O10. The van der Waals surface area contributed by atoms with E-state index in [-0.39, 0.29) is 19.3 Å². The number of carbonyl (C=O) groups is 1. The standard InChI is InChI=1S/C29H36O10/c1-32-13-15-36-20-38-26-11-7-22(17-28(26)34-3)5-9-24(30)19-25(31)10-6-23-8-12-27(29(18-23)35-4)39-21-37-16-14-33-2/h5-12,17-19,30H,13-16,20-21H2,1-4H3/b9-5+,10-6+,24-19-. The second kappa shape index (κ2) is 18.4. The lowest BCUT2D eigenvalue weighted by Gasteiger charge is -2.11. The summed E-state index contributed by atoms with van der Waals surface area (Å²) in [6.07, 6.45) is 7.13. The van der Waals surface area contributed by atoms with Gasteiger partial charge in [0.05, 0.1) is 40.6 Å². The number of carbonyl (C=O) groups excluding carboxylic acids is 1. The summed E-state index contributed by atoms with van der Waals surface area (Å²) in [4.78, 5) is 12.3. The van der Waals surface area contributed by atoms with Crippen molar-refractivity contribution in [3.8, 4) is 23.0 Å². The number of aliphatic hydroxyl groups excluding tert-OH is 1. The first-order chi connectivity index (χ1) is 19.0. The van der Waals surface area contributed by atoms with Gasteiger partial charge in [-0.1, -0.05) is 24.3 Å². The molecule has 0 fully saturated rings. The predicted molar refractivity (Wildman–Crippen MR) is 146 cm³/mol. The maximum Gasteiger partial charge on any atom is 0.189 e. The molecular weight excluding hydrogens is 508 g/mol. The van der Waals surface area contributed by atoms with E-state index in [2.05, 4.69) is 0 Å². The van der Waals surface area contributed by atoms with Gasteiger partial charge < -0.3 is 43.0 Å². The van der Waals surface area contributed by atoms with Gasteiger partial charge in [-0.25, -0.2) is 0 Å². The minimum Gasteiger partial charge on any atom is -0.508 e. The number of hydrogen-bond donors (Lipinski definition) is 1. The SMILES string of the molecule is COCCOCOc1ccc(/C=C/C(=O)/C=C(O)/C=C/c2ccc(OCOCCOC)c(OC)c2)cc1OC. The zero-order chi connectivity index (χ0) is 28.3. The number of methoxy groups -OCH3 is 4. The van der Waals surface area contributed by atoms with Crippen LogP contribution in [-0.2, 0) is 23.7 Å². The quantitative estimate of drug-likeness (QED) is 0.0896. The Labute approximate surface area is 228 Å². The third kappa shape index (κ3) is 12.1. The van der Waals surface area contributed by atoms with E-state index in [4.69, 9.17) is 37.9 Å². The predicted octanol–water partition coefficient (Wildman–Crippen LogP) is 4.44. The molecule has 0 aromatic heterocycles. The van der Waals surface area contributed by atoms with Crippen LogP contribution in [0.3, 0.4) is 0 Å². The molecule has 0 radical (unpaired) electrons. The van der Waals surface area contributed by atoms with Crippen molar-refractivity contribution in [1.29, 1.82) is 0 Å². The first-order valence-electron chi connectivity index (χ1n) is 12.1. The van der Waals surface area contributed by atoms with Gasteiger partial charge in [0.1, 0.15) is 5.76 Å². The van der Waals surface area contributed by atoms with E-state index in [1.54, 1.807) is 62.8 Å². The van der Waals surface area contributed by atoms with E-state index in [0.717, 1.165) is 17.2 Å². The lowest BCUT2D eigenvalue weighted by atomic mass is 10.1. The lowest BCUT2D eigenvalue weighted by Crippen LogP contribution is -2.08. The molecule has 0 spiro atoms. The molecule has 2 aromatic rings. The Hall–Kier alpha value is -3.83. The molecule has 0 atom stereocenters. The fourth-order valence-corrected chi connectivity index (χ4v) is 3.03. The van der Waals surface area contributed by atoms with Crippen LogP contribution in [-0.4, -0.2) is 79.3 Å². The molecule has 10 nitrogen and oxygen atoms in total. The summed E-state index contributed by atoms with van der Waals surface area (Å²) in [5.74, 6) is 1.42. The molecule has 0 aliphatic rings. The summed E-state index contributed by atoms with van der Waals surface area (Å²) in [7, 11) is 6.24. The van der Waals surface area contributed by atoms with Gasteiger partial charge in [-0.15, -0.1) is 0 Å². The van der Waals surface area contributed by atoms with E-state index >= 15 is 0 Å². The average molecular weight is 545 g/mol. The first-order valence-corrected chi connectivity index (χ1v) is 12.1. The van der Waals surface area contributed by atoms with Gasteiger partial charge in [0.25, 0.3) is 0 Å². The van der Waals surface area contributed by atoms with Crippen molar-refractivity contribution in [2.24, 2.45) is 0 Å². The molecule has 0 bridgehead atoms. The zero-order valence-corrected chi connectivity index (χ0v) is 22.7. The van der Waals surface area contributed by atoms with E-state index in [0.29, 0.717) is 49.4 Å².